The zero-order chi connectivity index (χ0) is 18.8. The number of aromatic nitrogens is 3. The minimum atomic E-state index is -0.762. The molecule has 0 aliphatic carbocycles. The predicted octanol–water partition coefficient (Wildman–Crippen LogP) is 4.31. The van der Waals surface area contributed by atoms with E-state index in [0.717, 1.165) is 0 Å². The van der Waals surface area contributed by atoms with E-state index >= 15 is 0 Å². The fourth-order valence-corrected chi connectivity index (χ4v) is 2.52. The number of carbonyl (C=O) groups excluding carboxylic acids is 1. The average molecular weight is 380 g/mol. The second-order valence-corrected chi connectivity index (χ2v) is 6.24. The van der Waals surface area contributed by atoms with Crippen LogP contribution in [0.3, 0.4) is 0 Å². The quantitative estimate of drug-likeness (QED) is 0.610. The zero-order valence-electron chi connectivity index (χ0n) is 14.2. The lowest BCUT2D eigenvalue weighted by Crippen LogP contribution is -2.08. The summed E-state index contributed by atoms with van der Waals surface area (Å²) in [7, 11) is 0. The van der Waals surface area contributed by atoms with Crippen molar-refractivity contribution < 1.29 is 23.0 Å². The van der Waals surface area contributed by atoms with Crippen LogP contribution in [0.4, 0.5) is 4.39 Å². The summed E-state index contributed by atoms with van der Waals surface area (Å²) in [6.07, 6.45) is 0. The van der Waals surface area contributed by atoms with E-state index in [0.29, 0.717) is 5.82 Å². The van der Waals surface area contributed by atoms with Crippen LogP contribution >= 0.6 is 11.6 Å². The van der Waals surface area contributed by atoms with Crippen LogP contribution in [0.25, 0.3) is 11.3 Å². The second kappa shape index (κ2) is 7.25. The number of benzene rings is 1. The van der Waals surface area contributed by atoms with Gasteiger partial charge in [-0.05, 0) is 19.1 Å². The van der Waals surface area contributed by atoms with Gasteiger partial charge in [-0.15, -0.1) is 0 Å². The van der Waals surface area contributed by atoms with Crippen molar-refractivity contribution in [2.24, 2.45) is 0 Å². The SMILES string of the molecule is Cc1onc(-c2c(F)cccc2Cl)c1C(=O)OCc1nc(C(C)C)no1. The number of hydrogen-bond donors (Lipinski definition) is 0. The van der Waals surface area contributed by atoms with Crippen LogP contribution < -0.4 is 0 Å². The molecule has 0 fully saturated rings. The molecule has 0 bridgehead atoms. The van der Waals surface area contributed by atoms with Crippen molar-refractivity contribution in [1.29, 1.82) is 0 Å². The van der Waals surface area contributed by atoms with Crippen molar-refractivity contribution in [3.63, 3.8) is 0 Å². The van der Waals surface area contributed by atoms with Gasteiger partial charge in [0.2, 0.25) is 0 Å². The smallest absolute Gasteiger partial charge is 0.344 e. The summed E-state index contributed by atoms with van der Waals surface area (Å²) in [4.78, 5) is 16.6. The molecule has 0 aliphatic heterocycles. The first kappa shape index (κ1) is 18.1. The molecule has 0 spiro atoms. The van der Waals surface area contributed by atoms with Crippen LogP contribution in [0, 0.1) is 12.7 Å². The Labute approximate surface area is 153 Å². The van der Waals surface area contributed by atoms with Crippen LogP contribution in [0.5, 0.6) is 0 Å². The van der Waals surface area contributed by atoms with Gasteiger partial charge in [0.15, 0.2) is 12.4 Å². The molecule has 0 aliphatic rings. The molecule has 7 nitrogen and oxygen atoms in total. The molecule has 0 saturated carbocycles. The van der Waals surface area contributed by atoms with Gasteiger partial charge in [0.25, 0.3) is 5.89 Å². The average Bonchev–Trinajstić information content (AvgIpc) is 3.20. The number of ether oxygens (including phenoxy) is 1. The zero-order valence-corrected chi connectivity index (χ0v) is 15.0. The van der Waals surface area contributed by atoms with Gasteiger partial charge >= 0.3 is 5.97 Å². The molecule has 0 atom stereocenters. The van der Waals surface area contributed by atoms with Crippen molar-refractivity contribution in [2.75, 3.05) is 0 Å². The van der Waals surface area contributed by atoms with Gasteiger partial charge in [0.1, 0.15) is 22.8 Å². The summed E-state index contributed by atoms with van der Waals surface area (Å²) in [6, 6.07) is 4.16. The van der Waals surface area contributed by atoms with Crippen LogP contribution in [0.2, 0.25) is 5.02 Å². The lowest BCUT2D eigenvalue weighted by atomic mass is 10.1. The number of rotatable bonds is 5. The largest absolute Gasteiger partial charge is 0.452 e. The fraction of sp³-hybridized carbons (Fsp3) is 0.294. The van der Waals surface area contributed by atoms with Crippen molar-refractivity contribution in [3.8, 4) is 11.3 Å². The first-order chi connectivity index (χ1) is 12.4. The van der Waals surface area contributed by atoms with Crippen molar-refractivity contribution in [2.45, 2.75) is 33.3 Å². The summed E-state index contributed by atoms with van der Waals surface area (Å²) in [5.41, 5.74) is -0.0672. The van der Waals surface area contributed by atoms with Crippen molar-refractivity contribution in [3.05, 3.63) is 52.1 Å². The normalized spacial score (nSPS) is 11.2. The molecule has 0 amide bonds. The van der Waals surface area contributed by atoms with E-state index in [1.807, 2.05) is 13.8 Å². The van der Waals surface area contributed by atoms with E-state index in [-0.39, 0.29) is 46.0 Å². The minimum Gasteiger partial charge on any atom is -0.452 e. The molecule has 0 unspecified atom stereocenters. The Morgan fingerprint density at radius 3 is 2.73 bits per heavy atom. The van der Waals surface area contributed by atoms with E-state index in [2.05, 4.69) is 15.3 Å². The molecule has 2 aromatic heterocycles. The second-order valence-electron chi connectivity index (χ2n) is 5.84. The molecular weight excluding hydrogens is 365 g/mol. The van der Waals surface area contributed by atoms with E-state index in [9.17, 15) is 9.18 Å². The maximum absolute atomic E-state index is 14.2. The number of hydrogen-bond acceptors (Lipinski definition) is 7. The van der Waals surface area contributed by atoms with Gasteiger partial charge in [0.05, 0.1) is 10.6 Å². The van der Waals surface area contributed by atoms with E-state index in [1.54, 1.807) is 0 Å². The number of halogens is 2. The monoisotopic (exact) mass is 379 g/mol. The Kier molecular flexibility index (Phi) is 5.03. The standard InChI is InChI=1S/C17H15ClFN3O4/c1-8(2)16-20-12(26-22-16)7-24-17(23)13-9(3)25-21-15(13)14-10(18)5-4-6-11(14)19/h4-6,8H,7H2,1-3H3. The van der Waals surface area contributed by atoms with Crippen LogP contribution in [0.1, 0.15) is 47.6 Å². The third-order valence-electron chi connectivity index (χ3n) is 3.59. The lowest BCUT2D eigenvalue weighted by Gasteiger charge is -2.05. The molecular formula is C17H15ClFN3O4. The molecule has 9 heteroatoms. The molecule has 0 N–H and O–H groups in total. The number of aryl methyl sites for hydroxylation is 1. The highest BCUT2D eigenvalue weighted by Crippen LogP contribution is 2.33. The molecule has 26 heavy (non-hydrogen) atoms. The number of esters is 1. The fourth-order valence-electron chi connectivity index (χ4n) is 2.27. The molecule has 2 heterocycles. The van der Waals surface area contributed by atoms with Crippen LogP contribution in [-0.2, 0) is 11.3 Å². The van der Waals surface area contributed by atoms with E-state index < -0.39 is 11.8 Å². The maximum Gasteiger partial charge on any atom is 0.344 e. The van der Waals surface area contributed by atoms with E-state index in [1.165, 1.54) is 25.1 Å². The highest BCUT2D eigenvalue weighted by Gasteiger charge is 2.27. The van der Waals surface area contributed by atoms with Gasteiger partial charge in [-0.25, -0.2) is 9.18 Å². The Hall–Kier alpha value is -2.74. The first-order valence-electron chi connectivity index (χ1n) is 7.78. The lowest BCUT2D eigenvalue weighted by molar-refractivity contribution is 0.0428. The summed E-state index contributed by atoms with van der Waals surface area (Å²) >= 11 is 6.05. The molecule has 0 saturated heterocycles. The van der Waals surface area contributed by atoms with Crippen LogP contribution in [-0.4, -0.2) is 21.3 Å². The predicted molar refractivity (Wildman–Crippen MR) is 89.2 cm³/mol. The minimum absolute atomic E-state index is 0.0133. The first-order valence-corrected chi connectivity index (χ1v) is 8.16. The Bertz CT molecular complexity index is 931. The molecule has 0 radical (unpaired) electrons. The Balaban J connectivity index is 1.85. The van der Waals surface area contributed by atoms with Gasteiger partial charge < -0.3 is 13.8 Å². The maximum atomic E-state index is 14.2. The summed E-state index contributed by atoms with van der Waals surface area (Å²) in [5.74, 6) is -0.464. The van der Waals surface area contributed by atoms with Crippen LogP contribution in [0.15, 0.2) is 27.2 Å². The van der Waals surface area contributed by atoms with E-state index in [4.69, 9.17) is 25.4 Å². The van der Waals surface area contributed by atoms with Crippen molar-refractivity contribution in [1.82, 2.24) is 15.3 Å². The Morgan fingerprint density at radius 2 is 2.08 bits per heavy atom. The Morgan fingerprint density at radius 1 is 1.31 bits per heavy atom. The highest BCUT2D eigenvalue weighted by molar-refractivity contribution is 6.33. The van der Waals surface area contributed by atoms with Gasteiger partial charge in [-0.1, -0.05) is 41.8 Å². The third kappa shape index (κ3) is 3.45. The molecule has 3 aromatic rings. The van der Waals surface area contributed by atoms with Crippen molar-refractivity contribution >= 4 is 17.6 Å². The van der Waals surface area contributed by atoms with Gasteiger partial charge in [0, 0.05) is 5.92 Å². The molecule has 3 rings (SSSR count). The number of nitrogens with zero attached hydrogens (tertiary/aromatic N) is 3. The summed E-state index contributed by atoms with van der Waals surface area (Å²) in [5, 5.41) is 7.65. The highest BCUT2D eigenvalue weighted by atomic mass is 35.5. The number of carbonyl (C=O) groups is 1. The summed E-state index contributed by atoms with van der Waals surface area (Å²) < 4.78 is 29.4. The van der Waals surface area contributed by atoms with Gasteiger partial charge in [-0.2, -0.15) is 4.98 Å². The molecule has 1 aromatic carbocycles. The van der Waals surface area contributed by atoms with Gasteiger partial charge in [-0.3, -0.25) is 0 Å². The summed E-state index contributed by atoms with van der Waals surface area (Å²) in [6.45, 7) is 5.11. The topological polar surface area (TPSA) is 91.2 Å². The third-order valence-corrected chi connectivity index (χ3v) is 3.91. The molecule has 136 valence electrons.